The summed E-state index contributed by atoms with van der Waals surface area (Å²) >= 11 is 0. The fourth-order valence-electron chi connectivity index (χ4n) is 3.83. The number of nitrogens with zero attached hydrogens (tertiary/aromatic N) is 3. The Labute approximate surface area is 155 Å². The molecule has 0 radical (unpaired) electrons. The number of carbonyl (C=O) groups is 1. The number of hydrogen-bond acceptors (Lipinski definition) is 3. The molecule has 4 heteroatoms. The summed E-state index contributed by atoms with van der Waals surface area (Å²) < 4.78 is 0. The summed E-state index contributed by atoms with van der Waals surface area (Å²) in [7, 11) is 0. The number of amides is 1. The van der Waals surface area contributed by atoms with E-state index in [0.29, 0.717) is 5.84 Å². The Morgan fingerprint density at radius 3 is 2.19 bits per heavy atom. The summed E-state index contributed by atoms with van der Waals surface area (Å²) in [5, 5.41) is 0. The van der Waals surface area contributed by atoms with Crippen LogP contribution < -0.4 is 0 Å². The second kappa shape index (κ2) is 7.73. The van der Waals surface area contributed by atoms with Crippen molar-refractivity contribution in [3.63, 3.8) is 0 Å². The van der Waals surface area contributed by atoms with Crippen LogP contribution in [0.3, 0.4) is 0 Å². The zero-order valence-corrected chi connectivity index (χ0v) is 15.1. The lowest BCUT2D eigenvalue weighted by atomic mass is 10.1. The van der Waals surface area contributed by atoms with Crippen LogP contribution in [0.15, 0.2) is 65.7 Å². The van der Waals surface area contributed by atoms with Crippen LogP contribution in [0.4, 0.5) is 0 Å². The Balaban J connectivity index is 1.53. The maximum absolute atomic E-state index is 13.0. The van der Waals surface area contributed by atoms with Crippen molar-refractivity contribution >= 4 is 11.7 Å². The predicted molar refractivity (Wildman–Crippen MR) is 104 cm³/mol. The number of amidine groups is 1. The first-order valence-corrected chi connectivity index (χ1v) is 9.49. The molecule has 2 aliphatic rings. The Hall–Kier alpha value is -2.62. The van der Waals surface area contributed by atoms with Gasteiger partial charge in [-0.2, -0.15) is 0 Å². The Bertz CT molecular complexity index is 766. The highest BCUT2D eigenvalue weighted by atomic mass is 16.2. The van der Waals surface area contributed by atoms with Gasteiger partial charge in [-0.15, -0.1) is 0 Å². The third-order valence-electron chi connectivity index (χ3n) is 5.15. The summed E-state index contributed by atoms with van der Waals surface area (Å²) in [5.41, 5.74) is 2.49. The van der Waals surface area contributed by atoms with E-state index in [1.165, 1.54) is 11.1 Å². The second-order valence-electron chi connectivity index (χ2n) is 7.16. The van der Waals surface area contributed by atoms with Crippen LogP contribution in [0.5, 0.6) is 0 Å². The van der Waals surface area contributed by atoms with E-state index in [9.17, 15) is 4.79 Å². The van der Waals surface area contributed by atoms with Crippen LogP contribution in [0.1, 0.15) is 24.0 Å². The van der Waals surface area contributed by atoms with Gasteiger partial charge in [0.1, 0.15) is 0 Å². The summed E-state index contributed by atoms with van der Waals surface area (Å²) in [5.74, 6) is 0.755. The van der Waals surface area contributed by atoms with Crippen molar-refractivity contribution in [2.45, 2.75) is 31.8 Å². The number of carbonyl (C=O) groups excluding carboxylic acids is 1. The summed E-state index contributed by atoms with van der Waals surface area (Å²) in [6, 6.07) is 20.9. The molecule has 4 rings (SSSR count). The molecule has 2 heterocycles. The lowest BCUT2D eigenvalue weighted by Gasteiger charge is -2.23. The van der Waals surface area contributed by atoms with Crippen LogP contribution in [0.2, 0.25) is 0 Å². The molecule has 1 unspecified atom stereocenters. The molecule has 1 saturated heterocycles. The summed E-state index contributed by atoms with van der Waals surface area (Å²) in [4.78, 5) is 22.0. The van der Waals surface area contributed by atoms with Gasteiger partial charge in [0.2, 0.25) is 0 Å². The molecule has 134 valence electrons. The molecule has 2 aromatic rings. The van der Waals surface area contributed by atoms with Crippen LogP contribution in [0, 0.1) is 0 Å². The quantitative estimate of drug-likeness (QED) is 0.833. The highest BCUT2D eigenvalue weighted by molar-refractivity contribution is 6.38. The van der Waals surface area contributed by atoms with Crippen molar-refractivity contribution in [1.29, 1.82) is 0 Å². The fourth-order valence-corrected chi connectivity index (χ4v) is 3.83. The molecule has 0 aliphatic carbocycles. The van der Waals surface area contributed by atoms with Gasteiger partial charge in [-0.3, -0.25) is 9.79 Å². The molecule has 1 fully saturated rings. The highest BCUT2D eigenvalue weighted by Gasteiger charge is 2.33. The zero-order valence-electron chi connectivity index (χ0n) is 15.1. The maximum Gasteiger partial charge on any atom is 0.289 e. The van der Waals surface area contributed by atoms with Gasteiger partial charge in [0, 0.05) is 26.2 Å². The summed E-state index contributed by atoms with van der Waals surface area (Å²) in [6.07, 6.45) is 3.08. The van der Waals surface area contributed by atoms with E-state index in [1.807, 2.05) is 29.2 Å². The van der Waals surface area contributed by atoms with Crippen molar-refractivity contribution in [3.05, 3.63) is 71.8 Å². The van der Waals surface area contributed by atoms with Gasteiger partial charge in [0.05, 0.1) is 6.04 Å². The molecule has 0 saturated carbocycles. The normalized spacial score (nSPS) is 19.7. The van der Waals surface area contributed by atoms with E-state index in [4.69, 9.17) is 4.99 Å². The lowest BCUT2D eigenvalue weighted by Crippen LogP contribution is -2.42. The van der Waals surface area contributed by atoms with E-state index in [0.717, 1.165) is 45.4 Å². The SMILES string of the molecule is O=C(C1=NC(Cc2ccccc2)CN1Cc1ccccc1)N1CCCC1. The fraction of sp³-hybridized carbons (Fsp3) is 0.364. The van der Waals surface area contributed by atoms with Gasteiger partial charge in [-0.05, 0) is 30.4 Å². The van der Waals surface area contributed by atoms with E-state index in [2.05, 4.69) is 41.3 Å². The molecule has 1 amide bonds. The van der Waals surface area contributed by atoms with Crippen molar-refractivity contribution in [1.82, 2.24) is 9.80 Å². The molecule has 2 aromatic carbocycles. The minimum absolute atomic E-state index is 0.106. The standard InChI is InChI=1S/C22H25N3O/c26-22(24-13-7-8-14-24)21-23-20(15-18-9-3-1-4-10-18)17-25(21)16-19-11-5-2-6-12-19/h1-6,9-12,20H,7-8,13-17H2. The van der Waals surface area contributed by atoms with Gasteiger partial charge in [-0.25, -0.2) is 0 Å². The van der Waals surface area contributed by atoms with Crippen molar-refractivity contribution in [3.8, 4) is 0 Å². The zero-order chi connectivity index (χ0) is 17.8. The van der Waals surface area contributed by atoms with Gasteiger partial charge in [-0.1, -0.05) is 60.7 Å². The molecule has 0 spiro atoms. The topological polar surface area (TPSA) is 35.9 Å². The van der Waals surface area contributed by atoms with Crippen molar-refractivity contribution in [2.24, 2.45) is 4.99 Å². The first-order valence-electron chi connectivity index (χ1n) is 9.49. The average molecular weight is 347 g/mol. The molecular weight excluding hydrogens is 322 g/mol. The van der Waals surface area contributed by atoms with E-state index >= 15 is 0 Å². The second-order valence-corrected chi connectivity index (χ2v) is 7.16. The molecule has 0 aromatic heterocycles. The Morgan fingerprint density at radius 1 is 0.923 bits per heavy atom. The molecule has 0 bridgehead atoms. The number of rotatable bonds is 5. The van der Waals surface area contributed by atoms with Gasteiger partial charge in [0.25, 0.3) is 5.91 Å². The highest BCUT2D eigenvalue weighted by Crippen LogP contribution is 2.20. The number of likely N-dealkylation sites (tertiary alicyclic amines) is 1. The molecule has 4 nitrogen and oxygen atoms in total. The van der Waals surface area contributed by atoms with Crippen LogP contribution in [0.25, 0.3) is 0 Å². The minimum Gasteiger partial charge on any atom is -0.346 e. The largest absolute Gasteiger partial charge is 0.346 e. The van der Waals surface area contributed by atoms with Crippen molar-refractivity contribution < 1.29 is 4.79 Å². The van der Waals surface area contributed by atoms with Gasteiger partial charge in [0.15, 0.2) is 5.84 Å². The maximum atomic E-state index is 13.0. The monoisotopic (exact) mass is 347 g/mol. The predicted octanol–water partition coefficient (Wildman–Crippen LogP) is 3.13. The molecule has 0 N–H and O–H groups in total. The molecular formula is C22H25N3O. The first kappa shape index (κ1) is 16.8. The summed E-state index contributed by atoms with van der Waals surface area (Å²) in [6.45, 7) is 3.27. The van der Waals surface area contributed by atoms with Gasteiger partial charge < -0.3 is 9.80 Å². The smallest absolute Gasteiger partial charge is 0.289 e. The molecule has 2 aliphatic heterocycles. The van der Waals surface area contributed by atoms with Crippen LogP contribution in [-0.2, 0) is 17.8 Å². The third kappa shape index (κ3) is 3.79. The van der Waals surface area contributed by atoms with Crippen LogP contribution in [-0.4, -0.2) is 47.2 Å². The Morgan fingerprint density at radius 2 is 1.54 bits per heavy atom. The van der Waals surface area contributed by atoms with E-state index < -0.39 is 0 Å². The van der Waals surface area contributed by atoms with E-state index in [1.54, 1.807) is 0 Å². The number of hydrogen-bond donors (Lipinski definition) is 0. The van der Waals surface area contributed by atoms with E-state index in [-0.39, 0.29) is 11.9 Å². The van der Waals surface area contributed by atoms with Crippen LogP contribution >= 0.6 is 0 Å². The minimum atomic E-state index is 0.106. The third-order valence-corrected chi connectivity index (χ3v) is 5.15. The van der Waals surface area contributed by atoms with Crippen molar-refractivity contribution in [2.75, 3.05) is 19.6 Å². The number of benzene rings is 2. The first-order chi connectivity index (χ1) is 12.8. The molecule has 1 atom stereocenters. The number of aliphatic imine (C=N–C) groups is 1. The Kier molecular flexibility index (Phi) is 5.00. The average Bonchev–Trinajstić information content (AvgIpc) is 3.33. The molecule has 26 heavy (non-hydrogen) atoms. The van der Waals surface area contributed by atoms with Gasteiger partial charge >= 0.3 is 0 Å². The lowest BCUT2D eigenvalue weighted by molar-refractivity contribution is -0.123.